The van der Waals surface area contributed by atoms with Gasteiger partial charge < -0.3 is 0 Å². The Morgan fingerprint density at radius 2 is 2.07 bits per heavy atom. The van der Waals surface area contributed by atoms with Gasteiger partial charge in [-0.2, -0.15) is 5.26 Å². The van der Waals surface area contributed by atoms with E-state index < -0.39 is 0 Å². The fraction of sp³-hybridized carbons (Fsp3) is 0. The van der Waals surface area contributed by atoms with Gasteiger partial charge >= 0.3 is 0 Å². The van der Waals surface area contributed by atoms with Crippen LogP contribution in [0, 0.1) is 11.3 Å². The normalized spacial score (nSPS) is 9.60. The number of halogens is 1. The molecule has 0 aliphatic heterocycles. The summed E-state index contributed by atoms with van der Waals surface area (Å²) in [7, 11) is 0. The molecule has 2 aromatic rings. The van der Waals surface area contributed by atoms with Crippen molar-refractivity contribution in [3.8, 4) is 17.3 Å². The predicted octanol–water partition coefficient (Wildman–Crippen LogP) is 3.38. The minimum absolute atomic E-state index is 0.630. The molecule has 0 spiro atoms. The van der Waals surface area contributed by atoms with Crippen LogP contribution in [0.4, 0.5) is 0 Å². The van der Waals surface area contributed by atoms with Crippen molar-refractivity contribution in [2.75, 3.05) is 0 Å². The number of hydrogen-bond acceptors (Lipinski definition) is 2. The summed E-state index contributed by atoms with van der Waals surface area (Å²) < 4.78 is 0.891. The second kappa shape index (κ2) is 4.24. The second-order valence-electron chi connectivity index (χ2n) is 3.06. The third kappa shape index (κ3) is 2.23. The van der Waals surface area contributed by atoms with E-state index in [1.807, 2.05) is 30.3 Å². The standard InChI is InChI=1S/C12H7BrN2/c13-11-6-9(8-14)5-10(7-11)12-3-1-2-4-15-12/h1-7H. The Morgan fingerprint density at radius 3 is 2.73 bits per heavy atom. The number of pyridine rings is 1. The fourth-order valence-electron chi connectivity index (χ4n) is 1.34. The highest BCUT2D eigenvalue weighted by Gasteiger charge is 2.01. The molecule has 3 heteroatoms. The van der Waals surface area contributed by atoms with Gasteiger partial charge in [0.05, 0.1) is 17.3 Å². The zero-order valence-corrected chi connectivity index (χ0v) is 9.40. The molecular weight excluding hydrogens is 252 g/mol. The molecule has 0 fully saturated rings. The first-order chi connectivity index (χ1) is 7.29. The van der Waals surface area contributed by atoms with E-state index in [4.69, 9.17) is 5.26 Å². The summed E-state index contributed by atoms with van der Waals surface area (Å²) in [6.07, 6.45) is 1.74. The first-order valence-corrected chi connectivity index (χ1v) is 5.21. The molecule has 0 N–H and O–H groups in total. The smallest absolute Gasteiger partial charge is 0.0992 e. The number of hydrogen-bond donors (Lipinski definition) is 0. The van der Waals surface area contributed by atoms with Gasteiger partial charge in [0.25, 0.3) is 0 Å². The maximum atomic E-state index is 8.84. The lowest BCUT2D eigenvalue weighted by molar-refractivity contribution is 1.32. The SMILES string of the molecule is N#Cc1cc(Br)cc(-c2ccccn2)c1. The third-order valence-corrected chi connectivity index (χ3v) is 2.45. The lowest BCUT2D eigenvalue weighted by atomic mass is 10.1. The summed E-state index contributed by atoms with van der Waals surface area (Å²) in [4.78, 5) is 4.24. The molecule has 15 heavy (non-hydrogen) atoms. The van der Waals surface area contributed by atoms with Crippen molar-refractivity contribution in [1.82, 2.24) is 4.98 Å². The van der Waals surface area contributed by atoms with E-state index in [0.717, 1.165) is 15.7 Å². The number of rotatable bonds is 1. The van der Waals surface area contributed by atoms with Crippen molar-refractivity contribution in [3.63, 3.8) is 0 Å². The lowest BCUT2D eigenvalue weighted by Gasteiger charge is -2.01. The second-order valence-corrected chi connectivity index (χ2v) is 3.97. The van der Waals surface area contributed by atoms with Crippen molar-refractivity contribution in [2.45, 2.75) is 0 Å². The van der Waals surface area contributed by atoms with Crippen LogP contribution in [-0.4, -0.2) is 4.98 Å². The van der Waals surface area contributed by atoms with E-state index >= 15 is 0 Å². The van der Waals surface area contributed by atoms with Crippen LogP contribution in [0.15, 0.2) is 47.1 Å². The van der Waals surface area contributed by atoms with Gasteiger partial charge in [-0.15, -0.1) is 0 Å². The zero-order chi connectivity index (χ0) is 10.7. The lowest BCUT2D eigenvalue weighted by Crippen LogP contribution is -1.84. The molecule has 0 saturated carbocycles. The number of nitrogens with zero attached hydrogens (tertiary/aromatic N) is 2. The van der Waals surface area contributed by atoms with Crippen LogP contribution < -0.4 is 0 Å². The number of nitriles is 1. The van der Waals surface area contributed by atoms with Crippen LogP contribution in [-0.2, 0) is 0 Å². The maximum Gasteiger partial charge on any atom is 0.0992 e. The number of benzene rings is 1. The minimum Gasteiger partial charge on any atom is -0.256 e. The van der Waals surface area contributed by atoms with Crippen molar-refractivity contribution in [1.29, 1.82) is 5.26 Å². The Bertz CT molecular complexity index is 515. The molecule has 1 heterocycles. The number of aromatic nitrogens is 1. The molecule has 0 aliphatic rings. The van der Waals surface area contributed by atoms with E-state index in [1.54, 1.807) is 12.3 Å². The molecule has 0 unspecified atom stereocenters. The quantitative estimate of drug-likeness (QED) is 0.787. The van der Waals surface area contributed by atoms with E-state index in [0.29, 0.717) is 5.56 Å². The molecule has 1 aromatic heterocycles. The predicted molar refractivity (Wildman–Crippen MR) is 62.1 cm³/mol. The van der Waals surface area contributed by atoms with Crippen molar-refractivity contribution in [3.05, 3.63) is 52.6 Å². The van der Waals surface area contributed by atoms with E-state index in [-0.39, 0.29) is 0 Å². The van der Waals surface area contributed by atoms with Gasteiger partial charge in [-0.3, -0.25) is 4.98 Å². The highest BCUT2D eigenvalue weighted by atomic mass is 79.9. The van der Waals surface area contributed by atoms with Crippen LogP contribution in [0.5, 0.6) is 0 Å². The first-order valence-electron chi connectivity index (χ1n) is 4.42. The summed E-state index contributed by atoms with van der Waals surface area (Å²) in [5.41, 5.74) is 2.45. The van der Waals surface area contributed by atoms with Crippen LogP contribution in [0.1, 0.15) is 5.56 Å². The topological polar surface area (TPSA) is 36.7 Å². The monoisotopic (exact) mass is 258 g/mol. The average molecular weight is 259 g/mol. The molecule has 0 saturated heterocycles. The fourth-order valence-corrected chi connectivity index (χ4v) is 1.83. The maximum absolute atomic E-state index is 8.84. The summed E-state index contributed by atoms with van der Waals surface area (Å²) in [5, 5.41) is 8.84. The van der Waals surface area contributed by atoms with Crippen LogP contribution in [0.3, 0.4) is 0 Å². The van der Waals surface area contributed by atoms with Crippen LogP contribution >= 0.6 is 15.9 Å². The largest absolute Gasteiger partial charge is 0.256 e. The Balaban J connectivity index is 2.55. The van der Waals surface area contributed by atoms with Gasteiger partial charge in [0.1, 0.15) is 0 Å². The van der Waals surface area contributed by atoms with Gasteiger partial charge in [0.15, 0.2) is 0 Å². The molecule has 0 amide bonds. The summed E-state index contributed by atoms with van der Waals surface area (Å²) in [6.45, 7) is 0. The van der Waals surface area contributed by atoms with Crippen molar-refractivity contribution >= 4 is 15.9 Å². The Morgan fingerprint density at radius 1 is 1.20 bits per heavy atom. The Hall–Kier alpha value is -1.66. The Kier molecular flexibility index (Phi) is 2.79. The van der Waals surface area contributed by atoms with Gasteiger partial charge in [0, 0.05) is 16.2 Å². The molecular formula is C12H7BrN2. The van der Waals surface area contributed by atoms with Gasteiger partial charge in [-0.1, -0.05) is 22.0 Å². The molecule has 0 atom stereocenters. The summed E-state index contributed by atoms with van der Waals surface area (Å²) in [6, 6.07) is 13.4. The molecule has 0 bridgehead atoms. The van der Waals surface area contributed by atoms with Crippen LogP contribution in [0.25, 0.3) is 11.3 Å². The minimum atomic E-state index is 0.630. The van der Waals surface area contributed by atoms with Gasteiger partial charge in [-0.25, -0.2) is 0 Å². The molecule has 2 rings (SSSR count). The molecule has 0 radical (unpaired) electrons. The highest BCUT2D eigenvalue weighted by Crippen LogP contribution is 2.22. The van der Waals surface area contributed by atoms with Gasteiger partial charge in [-0.05, 0) is 30.3 Å². The zero-order valence-electron chi connectivity index (χ0n) is 7.81. The van der Waals surface area contributed by atoms with E-state index in [2.05, 4.69) is 27.0 Å². The third-order valence-electron chi connectivity index (χ3n) is 1.99. The molecule has 2 nitrogen and oxygen atoms in total. The average Bonchev–Trinajstić information content (AvgIpc) is 2.29. The summed E-state index contributed by atoms with van der Waals surface area (Å²) in [5.74, 6) is 0. The van der Waals surface area contributed by atoms with Gasteiger partial charge in [0.2, 0.25) is 0 Å². The summed E-state index contributed by atoms with van der Waals surface area (Å²) >= 11 is 3.37. The van der Waals surface area contributed by atoms with Crippen molar-refractivity contribution < 1.29 is 0 Å². The molecule has 1 aromatic carbocycles. The van der Waals surface area contributed by atoms with E-state index in [1.165, 1.54) is 0 Å². The molecule has 0 aliphatic carbocycles. The highest BCUT2D eigenvalue weighted by molar-refractivity contribution is 9.10. The first kappa shape index (κ1) is 9.88. The van der Waals surface area contributed by atoms with Crippen LogP contribution in [0.2, 0.25) is 0 Å². The van der Waals surface area contributed by atoms with E-state index in [9.17, 15) is 0 Å². The van der Waals surface area contributed by atoms with Crippen molar-refractivity contribution in [2.24, 2.45) is 0 Å². The Labute approximate surface area is 96.3 Å². The molecule has 72 valence electrons.